The molecule has 6 heteroatoms. The molecule has 2 aliphatic rings. The molecule has 106 valence electrons. The highest BCUT2D eigenvalue weighted by molar-refractivity contribution is 9.10. The van der Waals surface area contributed by atoms with E-state index in [0.29, 0.717) is 0 Å². The van der Waals surface area contributed by atoms with Crippen LogP contribution in [-0.2, 0) is 13.6 Å². The number of hydrogen-bond donors (Lipinski definition) is 1. The Labute approximate surface area is 123 Å². The Kier molecular flexibility index (Phi) is 4.21. The lowest BCUT2D eigenvalue weighted by Crippen LogP contribution is -2.49. The number of aromatic nitrogens is 2. The summed E-state index contributed by atoms with van der Waals surface area (Å²) in [4.78, 5) is 5.20. The lowest BCUT2D eigenvalue weighted by Gasteiger charge is -2.32. The molecule has 19 heavy (non-hydrogen) atoms. The van der Waals surface area contributed by atoms with E-state index in [1.54, 1.807) is 0 Å². The summed E-state index contributed by atoms with van der Waals surface area (Å²) < 4.78 is 3.10. The minimum absolute atomic E-state index is 0.745. The van der Waals surface area contributed by atoms with Gasteiger partial charge in [-0.3, -0.25) is 14.5 Å². The summed E-state index contributed by atoms with van der Waals surface area (Å²) in [5.41, 5.74) is 1.28. The van der Waals surface area contributed by atoms with E-state index < -0.39 is 0 Å². The van der Waals surface area contributed by atoms with E-state index in [1.165, 1.54) is 38.3 Å². The quantitative estimate of drug-likeness (QED) is 0.885. The first kappa shape index (κ1) is 13.5. The van der Waals surface area contributed by atoms with Crippen LogP contribution >= 0.6 is 15.9 Å². The second kappa shape index (κ2) is 5.91. The average Bonchev–Trinajstić information content (AvgIpc) is 3.02. The van der Waals surface area contributed by atoms with Crippen LogP contribution in [0.3, 0.4) is 0 Å². The predicted molar refractivity (Wildman–Crippen MR) is 79.0 cm³/mol. The average molecular weight is 328 g/mol. The van der Waals surface area contributed by atoms with Gasteiger partial charge in [-0.2, -0.15) is 5.10 Å². The summed E-state index contributed by atoms with van der Waals surface area (Å²) in [7, 11) is 2.02. The van der Waals surface area contributed by atoms with Gasteiger partial charge in [-0.05, 0) is 22.4 Å². The van der Waals surface area contributed by atoms with E-state index in [4.69, 9.17) is 0 Å². The molecule has 3 rings (SSSR count). The van der Waals surface area contributed by atoms with Gasteiger partial charge < -0.3 is 5.32 Å². The standard InChI is InChI=1S/C13H22BrN5/c1-17-13(12(14)8-16-17)10-18-5-2-11(9-18)19-6-3-15-4-7-19/h8,11,15H,2-7,9-10H2,1H3. The maximum Gasteiger partial charge on any atom is 0.0663 e. The maximum absolute atomic E-state index is 4.29. The van der Waals surface area contributed by atoms with Gasteiger partial charge in [0.05, 0.1) is 16.4 Å². The van der Waals surface area contributed by atoms with Crippen LogP contribution in [0, 0.1) is 0 Å². The Bertz CT molecular complexity index is 407. The highest BCUT2D eigenvalue weighted by Crippen LogP contribution is 2.22. The summed E-state index contributed by atoms with van der Waals surface area (Å²) in [5, 5.41) is 7.72. The fourth-order valence-corrected chi connectivity index (χ4v) is 3.60. The molecule has 1 N–H and O–H groups in total. The number of rotatable bonds is 3. The van der Waals surface area contributed by atoms with E-state index in [9.17, 15) is 0 Å². The molecule has 0 aromatic carbocycles. The van der Waals surface area contributed by atoms with Gasteiger partial charge in [-0.15, -0.1) is 0 Å². The SMILES string of the molecule is Cn1ncc(Br)c1CN1CCC(N2CCNCC2)C1. The molecule has 1 aromatic heterocycles. The van der Waals surface area contributed by atoms with Crippen LogP contribution in [0.4, 0.5) is 0 Å². The van der Waals surface area contributed by atoms with Crippen LogP contribution in [0.2, 0.25) is 0 Å². The number of nitrogens with one attached hydrogen (secondary N) is 1. The number of aryl methyl sites for hydroxylation is 1. The van der Waals surface area contributed by atoms with Gasteiger partial charge in [-0.1, -0.05) is 0 Å². The molecule has 3 heterocycles. The summed E-state index contributed by atoms with van der Waals surface area (Å²) in [6.07, 6.45) is 3.19. The fourth-order valence-electron chi connectivity index (χ4n) is 3.13. The smallest absolute Gasteiger partial charge is 0.0663 e. The fraction of sp³-hybridized carbons (Fsp3) is 0.769. The molecule has 5 nitrogen and oxygen atoms in total. The van der Waals surface area contributed by atoms with Crippen molar-refractivity contribution in [1.29, 1.82) is 0 Å². The van der Waals surface area contributed by atoms with Gasteiger partial charge in [-0.25, -0.2) is 0 Å². The predicted octanol–water partition coefficient (Wildman–Crippen LogP) is 0.662. The third kappa shape index (κ3) is 3.02. The summed E-state index contributed by atoms with van der Waals surface area (Å²) in [6.45, 7) is 8.08. The number of piperazine rings is 1. The van der Waals surface area contributed by atoms with Crippen LogP contribution in [0.5, 0.6) is 0 Å². The molecule has 0 aliphatic carbocycles. The van der Waals surface area contributed by atoms with Crippen LogP contribution in [0.25, 0.3) is 0 Å². The molecule has 0 bridgehead atoms. The maximum atomic E-state index is 4.29. The minimum atomic E-state index is 0.745. The highest BCUT2D eigenvalue weighted by atomic mass is 79.9. The molecule has 2 aliphatic heterocycles. The zero-order valence-electron chi connectivity index (χ0n) is 11.5. The Hall–Kier alpha value is -0.430. The van der Waals surface area contributed by atoms with Crippen LogP contribution in [-0.4, -0.2) is 64.9 Å². The Balaban J connectivity index is 1.57. The highest BCUT2D eigenvalue weighted by Gasteiger charge is 2.28. The Morgan fingerprint density at radius 2 is 2.16 bits per heavy atom. The van der Waals surface area contributed by atoms with E-state index in [2.05, 4.69) is 36.1 Å². The van der Waals surface area contributed by atoms with Gasteiger partial charge in [0.15, 0.2) is 0 Å². The second-order valence-electron chi connectivity index (χ2n) is 5.53. The van der Waals surface area contributed by atoms with Crippen molar-refractivity contribution in [2.45, 2.75) is 19.0 Å². The molecule has 1 aromatic rings. The first-order chi connectivity index (χ1) is 9.24. The summed E-state index contributed by atoms with van der Waals surface area (Å²) >= 11 is 3.59. The van der Waals surface area contributed by atoms with Crippen molar-refractivity contribution in [1.82, 2.24) is 24.9 Å². The minimum Gasteiger partial charge on any atom is -0.314 e. The van der Waals surface area contributed by atoms with Crippen molar-refractivity contribution >= 4 is 15.9 Å². The molecule has 1 unspecified atom stereocenters. The normalized spacial score (nSPS) is 26.1. The van der Waals surface area contributed by atoms with Gasteiger partial charge in [0.25, 0.3) is 0 Å². The molecule has 2 fully saturated rings. The lowest BCUT2D eigenvalue weighted by atomic mass is 10.2. The van der Waals surface area contributed by atoms with Gasteiger partial charge in [0.1, 0.15) is 0 Å². The molecule has 0 saturated carbocycles. The molecule has 0 amide bonds. The summed E-state index contributed by atoms with van der Waals surface area (Å²) in [5.74, 6) is 0. The molecule has 0 spiro atoms. The first-order valence-electron chi connectivity index (χ1n) is 7.07. The van der Waals surface area contributed by atoms with Crippen molar-refractivity contribution in [3.05, 3.63) is 16.4 Å². The second-order valence-corrected chi connectivity index (χ2v) is 6.38. The Morgan fingerprint density at radius 1 is 1.37 bits per heavy atom. The lowest BCUT2D eigenvalue weighted by molar-refractivity contribution is 0.170. The molecule has 1 atom stereocenters. The van der Waals surface area contributed by atoms with Crippen LogP contribution in [0.1, 0.15) is 12.1 Å². The number of likely N-dealkylation sites (tertiary alicyclic amines) is 1. The van der Waals surface area contributed by atoms with E-state index in [1.807, 2.05) is 17.9 Å². The third-order valence-corrected chi connectivity index (χ3v) is 4.96. The largest absolute Gasteiger partial charge is 0.314 e. The van der Waals surface area contributed by atoms with Gasteiger partial charge in [0.2, 0.25) is 0 Å². The molecule has 0 radical (unpaired) electrons. The molecular weight excluding hydrogens is 306 g/mol. The van der Waals surface area contributed by atoms with E-state index in [0.717, 1.165) is 30.1 Å². The summed E-state index contributed by atoms with van der Waals surface area (Å²) in [6, 6.07) is 0.745. The van der Waals surface area contributed by atoms with Crippen LogP contribution < -0.4 is 5.32 Å². The van der Waals surface area contributed by atoms with Crippen molar-refractivity contribution in [3.8, 4) is 0 Å². The van der Waals surface area contributed by atoms with Gasteiger partial charge >= 0.3 is 0 Å². The van der Waals surface area contributed by atoms with Crippen LogP contribution in [0.15, 0.2) is 10.7 Å². The van der Waals surface area contributed by atoms with Crippen molar-refractivity contribution < 1.29 is 0 Å². The Morgan fingerprint density at radius 3 is 2.84 bits per heavy atom. The zero-order chi connectivity index (χ0) is 13.2. The zero-order valence-corrected chi connectivity index (χ0v) is 13.1. The number of halogens is 1. The molecular formula is C13H22BrN5. The number of hydrogen-bond acceptors (Lipinski definition) is 4. The monoisotopic (exact) mass is 327 g/mol. The topological polar surface area (TPSA) is 36.3 Å². The van der Waals surface area contributed by atoms with Crippen molar-refractivity contribution in [2.75, 3.05) is 39.3 Å². The first-order valence-corrected chi connectivity index (χ1v) is 7.87. The van der Waals surface area contributed by atoms with Gasteiger partial charge in [0, 0.05) is 58.9 Å². The van der Waals surface area contributed by atoms with Crippen molar-refractivity contribution in [2.24, 2.45) is 7.05 Å². The number of nitrogens with zero attached hydrogens (tertiary/aromatic N) is 4. The molecule has 2 saturated heterocycles. The van der Waals surface area contributed by atoms with Crippen molar-refractivity contribution in [3.63, 3.8) is 0 Å². The third-order valence-electron chi connectivity index (χ3n) is 4.30. The van der Waals surface area contributed by atoms with E-state index in [-0.39, 0.29) is 0 Å². The van der Waals surface area contributed by atoms with E-state index >= 15 is 0 Å².